The number of β-lactam (4-membered cyclic amide) rings is 1. The summed E-state index contributed by atoms with van der Waals surface area (Å²) in [6, 6.07) is 13.7. The normalized spacial score (nSPS) is 18.7. The molecule has 35 heavy (non-hydrogen) atoms. The highest BCUT2D eigenvalue weighted by atomic mass is 32.2. The second kappa shape index (κ2) is 10.4. The first kappa shape index (κ1) is 24.0. The van der Waals surface area contributed by atoms with Crippen molar-refractivity contribution in [1.29, 1.82) is 0 Å². The van der Waals surface area contributed by atoms with E-state index in [9.17, 15) is 24.5 Å². The molecule has 0 spiro atoms. The predicted molar refractivity (Wildman–Crippen MR) is 127 cm³/mol. The van der Waals surface area contributed by atoms with E-state index in [0.29, 0.717) is 22.6 Å². The fourth-order valence-corrected chi connectivity index (χ4v) is 4.94. The zero-order chi connectivity index (χ0) is 24.9. The average Bonchev–Trinajstić information content (AvgIpc) is 2.88. The third-order valence-corrected chi connectivity index (χ3v) is 6.69. The number of nitrogens with zero attached hydrogens (tertiary/aromatic N) is 2. The fraction of sp³-hybridized carbons (Fsp3) is 0.208. The largest absolute Gasteiger partial charge is 0.484 e. The number of ether oxygens (including phenoxy) is 2. The van der Waals surface area contributed by atoms with Gasteiger partial charge in [0.05, 0.1) is 4.92 Å². The van der Waals surface area contributed by atoms with E-state index in [2.05, 4.69) is 11.9 Å². The summed E-state index contributed by atoms with van der Waals surface area (Å²) in [5.74, 6) is -0.653. The summed E-state index contributed by atoms with van der Waals surface area (Å²) in [4.78, 5) is 49.7. The van der Waals surface area contributed by atoms with Crippen LogP contribution in [0.15, 0.2) is 78.5 Å². The number of allylic oxidation sites excluding steroid dienone is 1. The Morgan fingerprint density at radius 3 is 2.57 bits per heavy atom. The number of carbonyl (C=O) groups is 3. The highest BCUT2D eigenvalue weighted by molar-refractivity contribution is 8.00. The van der Waals surface area contributed by atoms with Gasteiger partial charge in [-0.25, -0.2) is 4.79 Å². The first-order valence-corrected chi connectivity index (χ1v) is 11.6. The number of non-ortho nitro benzene ring substituents is 1. The van der Waals surface area contributed by atoms with Gasteiger partial charge in [0.1, 0.15) is 29.5 Å². The van der Waals surface area contributed by atoms with Crippen LogP contribution in [0.3, 0.4) is 0 Å². The topological polar surface area (TPSA) is 128 Å². The number of amides is 2. The number of fused-ring (bicyclic) bond motifs is 1. The molecule has 4 rings (SSSR count). The second-order valence-electron chi connectivity index (χ2n) is 7.63. The molecule has 2 heterocycles. The summed E-state index contributed by atoms with van der Waals surface area (Å²) >= 11 is 1.40. The SMILES string of the molecule is C=CC1=C(C(=O)OCc2ccc([N+](=O)[O-])cc2)N2C(=O)C(NC(=O)COc3ccccc3)[C@@H]2SC1. The molecule has 2 aromatic rings. The van der Waals surface area contributed by atoms with Gasteiger partial charge in [-0.1, -0.05) is 30.9 Å². The molecule has 2 amide bonds. The van der Waals surface area contributed by atoms with Gasteiger partial charge < -0.3 is 14.8 Å². The van der Waals surface area contributed by atoms with Crippen molar-refractivity contribution in [2.24, 2.45) is 0 Å². The highest BCUT2D eigenvalue weighted by Gasteiger charge is 2.54. The van der Waals surface area contributed by atoms with Crippen molar-refractivity contribution in [2.75, 3.05) is 12.4 Å². The molecule has 180 valence electrons. The lowest BCUT2D eigenvalue weighted by atomic mass is 10.0. The Labute approximate surface area is 204 Å². The summed E-state index contributed by atoms with van der Waals surface area (Å²) < 4.78 is 10.8. The van der Waals surface area contributed by atoms with Crippen molar-refractivity contribution < 1.29 is 28.8 Å². The Morgan fingerprint density at radius 1 is 1.20 bits per heavy atom. The number of para-hydroxylation sites is 1. The molecule has 11 heteroatoms. The molecule has 2 aliphatic rings. The van der Waals surface area contributed by atoms with E-state index in [-0.39, 0.29) is 24.6 Å². The van der Waals surface area contributed by atoms with E-state index < -0.39 is 34.1 Å². The third kappa shape index (κ3) is 5.19. The van der Waals surface area contributed by atoms with Crippen LogP contribution in [0.2, 0.25) is 0 Å². The van der Waals surface area contributed by atoms with Crippen LogP contribution in [-0.2, 0) is 25.7 Å². The zero-order valence-corrected chi connectivity index (χ0v) is 19.2. The van der Waals surface area contributed by atoms with E-state index in [1.165, 1.54) is 47.0 Å². The molecular formula is C24H21N3O7S. The fourth-order valence-electron chi connectivity index (χ4n) is 3.60. The number of thioether (sulfide) groups is 1. The van der Waals surface area contributed by atoms with Gasteiger partial charge in [0, 0.05) is 17.9 Å². The summed E-state index contributed by atoms with van der Waals surface area (Å²) in [6.07, 6.45) is 1.50. The number of hydrogen-bond acceptors (Lipinski definition) is 8. The molecule has 0 aromatic heterocycles. The maximum absolute atomic E-state index is 12.9. The highest BCUT2D eigenvalue weighted by Crippen LogP contribution is 2.41. The zero-order valence-electron chi connectivity index (χ0n) is 18.4. The molecule has 1 N–H and O–H groups in total. The molecule has 0 radical (unpaired) electrons. The van der Waals surface area contributed by atoms with Crippen LogP contribution in [0, 0.1) is 10.1 Å². The first-order valence-electron chi connectivity index (χ1n) is 10.6. The van der Waals surface area contributed by atoms with Crippen LogP contribution in [0.25, 0.3) is 0 Å². The molecule has 1 unspecified atom stereocenters. The lowest BCUT2D eigenvalue weighted by molar-refractivity contribution is -0.384. The Bertz CT molecular complexity index is 1200. The second-order valence-corrected chi connectivity index (χ2v) is 8.74. The average molecular weight is 496 g/mol. The minimum absolute atomic E-state index is 0.0719. The molecule has 2 aliphatic heterocycles. The summed E-state index contributed by atoms with van der Waals surface area (Å²) in [6.45, 7) is 3.35. The van der Waals surface area contributed by atoms with Crippen molar-refractivity contribution in [3.63, 3.8) is 0 Å². The van der Waals surface area contributed by atoms with Gasteiger partial charge in [-0.15, -0.1) is 11.8 Å². The van der Waals surface area contributed by atoms with Gasteiger partial charge >= 0.3 is 5.97 Å². The van der Waals surface area contributed by atoms with Gasteiger partial charge in [-0.05, 0) is 35.4 Å². The number of nitro benzene ring substituents is 1. The van der Waals surface area contributed by atoms with Gasteiger partial charge in [0.15, 0.2) is 6.61 Å². The number of nitro groups is 1. The predicted octanol–water partition coefficient (Wildman–Crippen LogP) is 2.56. The number of rotatable bonds is 9. The first-order chi connectivity index (χ1) is 16.9. The minimum atomic E-state index is -0.796. The molecule has 0 aliphatic carbocycles. The monoisotopic (exact) mass is 495 g/mol. The Morgan fingerprint density at radius 2 is 1.91 bits per heavy atom. The molecule has 10 nitrogen and oxygen atoms in total. The minimum Gasteiger partial charge on any atom is -0.484 e. The molecular weight excluding hydrogens is 474 g/mol. The van der Waals surface area contributed by atoms with Crippen molar-refractivity contribution in [3.05, 3.63) is 94.2 Å². The van der Waals surface area contributed by atoms with E-state index in [1.54, 1.807) is 24.3 Å². The number of esters is 1. The summed E-state index contributed by atoms with van der Waals surface area (Å²) in [5.41, 5.74) is 1.12. The lowest BCUT2D eigenvalue weighted by Crippen LogP contribution is -2.70. The van der Waals surface area contributed by atoms with E-state index in [0.717, 1.165) is 0 Å². The van der Waals surface area contributed by atoms with Crippen molar-refractivity contribution in [1.82, 2.24) is 10.2 Å². The maximum Gasteiger partial charge on any atom is 0.355 e. The van der Waals surface area contributed by atoms with Gasteiger partial charge in [0.2, 0.25) is 0 Å². The van der Waals surface area contributed by atoms with Gasteiger partial charge in [0.25, 0.3) is 17.5 Å². The van der Waals surface area contributed by atoms with Crippen molar-refractivity contribution in [3.8, 4) is 5.75 Å². The van der Waals surface area contributed by atoms with Crippen molar-refractivity contribution in [2.45, 2.75) is 18.0 Å². The Hall–Kier alpha value is -4.12. The molecule has 0 bridgehead atoms. The number of carbonyl (C=O) groups excluding carboxylic acids is 3. The standard InChI is InChI=1S/C24H21N3O7S/c1-2-16-14-35-23-20(25-19(28)13-33-18-6-4-3-5-7-18)22(29)26(23)21(16)24(30)34-12-15-8-10-17(11-9-15)27(31)32/h2-11,20,23H,1,12-14H2,(H,25,28)/t20?,23-/m0/s1. The third-order valence-electron chi connectivity index (χ3n) is 5.38. The smallest absolute Gasteiger partial charge is 0.355 e. The van der Waals surface area contributed by atoms with E-state index in [1.807, 2.05) is 6.07 Å². The number of benzene rings is 2. The van der Waals surface area contributed by atoms with Crippen LogP contribution in [0.4, 0.5) is 5.69 Å². The molecule has 2 atom stereocenters. The molecule has 1 fully saturated rings. The molecule has 0 saturated carbocycles. The number of nitrogens with one attached hydrogen (secondary N) is 1. The molecule has 2 aromatic carbocycles. The maximum atomic E-state index is 12.9. The summed E-state index contributed by atoms with van der Waals surface area (Å²) in [5, 5.41) is 13.0. The van der Waals surface area contributed by atoms with Gasteiger partial charge in [-0.3, -0.25) is 24.6 Å². The van der Waals surface area contributed by atoms with Crippen LogP contribution >= 0.6 is 11.8 Å². The Balaban J connectivity index is 1.37. The van der Waals surface area contributed by atoms with Crippen LogP contribution < -0.4 is 10.1 Å². The van der Waals surface area contributed by atoms with Crippen LogP contribution in [0.5, 0.6) is 5.75 Å². The summed E-state index contributed by atoms with van der Waals surface area (Å²) in [7, 11) is 0. The Kier molecular flexibility index (Phi) is 7.16. The van der Waals surface area contributed by atoms with Crippen LogP contribution in [-0.4, -0.2) is 51.4 Å². The quantitative estimate of drug-likeness (QED) is 0.243. The van der Waals surface area contributed by atoms with Crippen molar-refractivity contribution >= 4 is 35.2 Å². The van der Waals surface area contributed by atoms with E-state index >= 15 is 0 Å². The number of hydrogen-bond donors (Lipinski definition) is 1. The van der Waals surface area contributed by atoms with Crippen LogP contribution in [0.1, 0.15) is 5.56 Å². The van der Waals surface area contributed by atoms with Gasteiger partial charge in [-0.2, -0.15) is 0 Å². The lowest BCUT2D eigenvalue weighted by Gasteiger charge is -2.49. The van der Waals surface area contributed by atoms with E-state index in [4.69, 9.17) is 9.47 Å². The molecule has 1 saturated heterocycles.